The Labute approximate surface area is 45.5 Å². The van der Waals surface area contributed by atoms with Crippen LogP contribution in [0, 0.1) is 0 Å². The summed E-state index contributed by atoms with van der Waals surface area (Å²) in [4.78, 5) is 0. The van der Waals surface area contributed by atoms with E-state index in [4.69, 9.17) is 10.3 Å². The van der Waals surface area contributed by atoms with Crippen molar-refractivity contribution in [3.63, 3.8) is 0 Å². The molecule has 1 rings (SSSR count). The Morgan fingerprint density at radius 2 is 2.50 bits per heavy atom. The maximum Gasteiger partial charge on any atom is 0.158 e. The topological polar surface area (TPSA) is 71.3 Å². The van der Waals surface area contributed by atoms with Gasteiger partial charge in [0.1, 0.15) is 6.73 Å². The second-order valence-electron chi connectivity index (χ2n) is 1.21. The summed E-state index contributed by atoms with van der Waals surface area (Å²) in [6.45, 7) is -0.323. The lowest BCUT2D eigenvalue weighted by atomic mass is 11.2. The van der Waals surface area contributed by atoms with Crippen LogP contribution >= 0.6 is 0 Å². The zero-order valence-electron chi connectivity index (χ0n) is 4.02. The van der Waals surface area contributed by atoms with Crippen molar-refractivity contribution in [2.24, 2.45) is 5.10 Å². The third-order valence-corrected chi connectivity index (χ3v) is 0.715. The van der Waals surface area contributed by atoms with Crippen LogP contribution in [0.5, 0.6) is 0 Å². The number of hydroxylamine groups is 1. The molecule has 1 heterocycles. The third-order valence-electron chi connectivity index (χ3n) is 0.715. The van der Waals surface area contributed by atoms with Crippen LogP contribution in [0.3, 0.4) is 0 Å². The van der Waals surface area contributed by atoms with Crippen molar-refractivity contribution in [1.82, 2.24) is 15.8 Å². The Balaban J connectivity index is 2.38. The fraction of sp³-hybridized carbons (Fsp3) is 0.500. The highest BCUT2D eigenvalue weighted by atomic mass is 16.6. The van der Waals surface area contributed by atoms with Crippen LogP contribution in [-0.2, 0) is 0 Å². The minimum atomic E-state index is -0.323. The van der Waals surface area contributed by atoms with E-state index < -0.39 is 0 Å². The van der Waals surface area contributed by atoms with Crippen LogP contribution < -0.4 is 5.53 Å². The highest BCUT2D eigenvalue weighted by molar-refractivity contribution is 5.52. The number of aliphatic hydroxyl groups is 1. The fourth-order valence-electron chi connectivity index (χ4n) is 0.349. The van der Waals surface area contributed by atoms with Gasteiger partial charge >= 0.3 is 0 Å². The first kappa shape index (κ1) is 5.29. The van der Waals surface area contributed by atoms with Crippen LogP contribution in [-0.4, -0.2) is 33.7 Å². The Kier molecular flexibility index (Phi) is 1.29. The van der Waals surface area contributed by atoms with Crippen molar-refractivity contribution < 1.29 is 10.3 Å². The van der Waals surface area contributed by atoms with E-state index in [9.17, 15) is 0 Å². The molecule has 0 radical (unpaired) electrons. The Morgan fingerprint density at radius 1 is 1.75 bits per heavy atom. The minimum Gasteiger partial charge on any atom is -0.377 e. The summed E-state index contributed by atoms with van der Waals surface area (Å²) < 4.78 is 0. The molecular weight excluding hydrogens is 112 g/mol. The van der Waals surface area contributed by atoms with E-state index in [0.29, 0.717) is 5.17 Å². The molecule has 0 atom stereocenters. The van der Waals surface area contributed by atoms with Gasteiger partial charge in [-0.25, -0.2) is 5.53 Å². The van der Waals surface area contributed by atoms with E-state index >= 15 is 0 Å². The van der Waals surface area contributed by atoms with Gasteiger partial charge in [0.15, 0.2) is 6.34 Å². The lowest BCUT2D eigenvalue weighted by Gasteiger charge is -2.16. The number of hydrogen-bond acceptors (Lipinski definition) is 6. The van der Waals surface area contributed by atoms with Gasteiger partial charge in [-0.1, -0.05) is 5.12 Å². The van der Waals surface area contributed by atoms with Gasteiger partial charge in [-0.15, -0.1) is 10.3 Å². The van der Waals surface area contributed by atoms with Crippen molar-refractivity contribution >= 4 is 6.34 Å². The molecule has 1 aliphatic heterocycles. The van der Waals surface area contributed by atoms with Crippen LogP contribution in [0.15, 0.2) is 5.10 Å². The first-order valence-electron chi connectivity index (χ1n) is 2.00. The molecule has 0 aliphatic carbocycles. The predicted octanol–water partition coefficient (Wildman–Crippen LogP) is -1.69. The van der Waals surface area contributed by atoms with Crippen molar-refractivity contribution in [2.75, 3.05) is 6.73 Å². The Hall–Kier alpha value is -0.850. The number of hydrazone groups is 1. The second kappa shape index (κ2) is 1.95. The summed E-state index contributed by atoms with van der Waals surface area (Å²) in [7, 11) is 0. The van der Waals surface area contributed by atoms with E-state index in [2.05, 4.69) is 10.6 Å². The number of nitrogens with zero attached hydrogens (tertiary/aromatic N) is 3. The summed E-state index contributed by atoms with van der Waals surface area (Å²) in [5.41, 5.74) is 2.28. The molecule has 0 unspecified atom stereocenters. The van der Waals surface area contributed by atoms with Gasteiger partial charge in [-0.3, -0.25) is 5.21 Å². The zero-order chi connectivity index (χ0) is 5.98. The highest BCUT2D eigenvalue weighted by Crippen LogP contribution is 1.89. The number of rotatable bonds is 1. The fourth-order valence-corrected chi connectivity index (χ4v) is 0.349. The molecule has 0 saturated heterocycles. The molecule has 0 aromatic carbocycles. The minimum absolute atomic E-state index is 0.323. The van der Waals surface area contributed by atoms with E-state index in [1.807, 2.05) is 0 Å². The summed E-state index contributed by atoms with van der Waals surface area (Å²) in [6, 6.07) is 0. The van der Waals surface area contributed by atoms with Gasteiger partial charge in [0, 0.05) is 0 Å². The maximum atomic E-state index is 8.58. The molecule has 0 fully saturated rings. The van der Waals surface area contributed by atoms with Crippen molar-refractivity contribution in [3.8, 4) is 0 Å². The zero-order valence-corrected chi connectivity index (χ0v) is 4.02. The molecule has 6 nitrogen and oxygen atoms in total. The first-order chi connectivity index (χ1) is 3.84. The van der Waals surface area contributed by atoms with E-state index in [1.54, 1.807) is 0 Å². The van der Waals surface area contributed by atoms with E-state index in [1.165, 1.54) is 0 Å². The quantitative estimate of drug-likeness (QED) is 0.383. The Bertz CT molecular complexity index is 104. The number of hydrogen-bond donors (Lipinski definition) is 3. The van der Waals surface area contributed by atoms with Gasteiger partial charge in [0.2, 0.25) is 0 Å². The van der Waals surface area contributed by atoms with Crippen molar-refractivity contribution in [3.05, 3.63) is 0 Å². The lowest BCUT2D eigenvalue weighted by molar-refractivity contribution is -0.216. The molecule has 8 heavy (non-hydrogen) atoms. The van der Waals surface area contributed by atoms with Crippen LogP contribution in [0.25, 0.3) is 0 Å². The van der Waals surface area contributed by atoms with Gasteiger partial charge in [0.25, 0.3) is 0 Å². The third kappa shape index (κ3) is 0.713. The molecule has 1 aliphatic rings. The van der Waals surface area contributed by atoms with Gasteiger partial charge in [0.05, 0.1) is 0 Å². The predicted molar refractivity (Wildman–Crippen MR) is 24.2 cm³/mol. The van der Waals surface area contributed by atoms with Crippen LogP contribution in [0.2, 0.25) is 0 Å². The molecule has 3 N–H and O–H groups in total. The molecule has 0 saturated carbocycles. The molecule has 46 valence electrons. The van der Waals surface area contributed by atoms with Gasteiger partial charge in [-0.2, -0.15) is 0 Å². The smallest absolute Gasteiger partial charge is 0.158 e. The van der Waals surface area contributed by atoms with Crippen molar-refractivity contribution in [2.45, 2.75) is 0 Å². The molecular formula is C2H6N4O2. The molecule has 0 aromatic rings. The highest BCUT2D eigenvalue weighted by Gasteiger charge is 2.11. The molecule has 0 aromatic heterocycles. The maximum absolute atomic E-state index is 8.58. The summed E-state index contributed by atoms with van der Waals surface area (Å²) in [6.07, 6.45) is 1.12. The first-order valence-corrected chi connectivity index (χ1v) is 2.00. The van der Waals surface area contributed by atoms with Crippen molar-refractivity contribution in [1.29, 1.82) is 0 Å². The SMILES string of the molecule is OCN1NN=CN1O. The second-order valence-corrected chi connectivity index (χ2v) is 1.21. The van der Waals surface area contributed by atoms with E-state index in [0.717, 1.165) is 11.5 Å². The molecule has 0 amide bonds. The standard InChI is InChI=1S/C2H6N4O2/c7-2-5-4-3-1-6(5)8/h1,4,7-8H,2H2. The molecule has 0 spiro atoms. The summed E-state index contributed by atoms with van der Waals surface area (Å²) in [5.74, 6) is 0. The normalized spacial score (nSPS) is 19.5. The van der Waals surface area contributed by atoms with Gasteiger partial charge in [-0.05, 0) is 0 Å². The molecule has 0 bridgehead atoms. The monoisotopic (exact) mass is 118 g/mol. The van der Waals surface area contributed by atoms with Gasteiger partial charge < -0.3 is 5.11 Å². The van der Waals surface area contributed by atoms with Crippen LogP contribution in [0.1, 0.15) is 0 Å². The number of nitrogens with one attached hydrogen (secondary N) is 1. The average Bonchev–Trinajstić information content (AvgIpc) is 2.14. The number of hydrazine groups is 2. The number of aliphatic hydroxyl groups excluding tert-OH is 1. The average molecular weight is 118 g/mol. The molecule has 6 heteroatoms. The Morgan fingerprint density at radius 3 is 2.75 bits per heavy atom. The summed E-state index contributed by atoms with van der Waals surface area (Å²) >= 11 is 0. The van der Waals surface area contributed by atoms with E-state index in [-0.39, 0.29) is 6.73 Å². The largest absolute Gasteiger partial charge is 0.377 e. The lowest BCUT2D eigenvalue weighted by Crippen LogP contribution is -2.41. The summed E-state index contributed by atoms with van der Waals surface area (Å²) in [5, 5.41) is 21.9. The van der Waals surface area contributed by atoms with Crippen LogP contribution in [0.4, 0.5) is 0 Å².